The van der Waals surface area contributed by atoms with Gasteiger partial charge >= 0.3 is 0 Å². The molecule has 0 saturated carbocycles. The van der Waals surface area contributed by atoms with Crippen molar-refractivity contribution in [3.8, 4) is 17.2 Å². The van der Waals surface area contributed by atoms with Crippen LogP contribution in [0.25, 0.3) is 0 Å². The number of fused-ring (bicyclic) bond motifs is 1. The molecule has 2 aliphatic rings. The van der Waals surface area contributed by atoms with Crippen LogP contribution in [0.1, 0.15) is 34.8 Å². The molecule has 182 valence electrons. The van der Waals surface area contributed by atoms with Gasteiger partial charge in [-0.15, -0.1) is 0 Å². The zero-order valence-electron chi connectivity index (χ0n) is 19.3. The monoisotopic (exact) mass is 494 g/mol. The van der Waals surface area contributed by atoms with E-state index in [9.17, 15) is 13.2 Å². The van der Waals surface area contributed by atoms with Gasteiger partial charge in [-0.1, -0.05) is 12.1 Å². The molecule has 9 heteroatoms. The van der Waals surface area contributed by atoms with Crippen LogP contribution in [0.15, 0.2) is 71.6 Å². The number of benzene rings is 3. The van der Waals surface area contributed by atoms with E-state index in [4.69, 9.17) is 14.2 Å². The van der Waals surface area contributed by atoms with Gasteiger partial charge in [0, 0.05) is 23.9 Å². The summed E-state index contributed by atoms with van der Waals surface area (Å²) in [5.74, 6) is 1.59. The quantitative estimate of drug-likeness (QED) is 0.551. The first-order chi connectivity index (χ1) is 16.9. The second-order valence-electron chi connectivity index (χ2n) is 8.42. The predicted octanol–water partition coefficient (Wildman–Crippen LogP) is 4.24. The average Bonchev–Trinajstić information content (AvgIpc) is 3.38. The average molecular weight is 495 g/mol. The Morgan fingerprint density at radius 3 is 2.54 bits per heavy atom. The highest BCUT2D eigenvalue weighted by molar-refractivity contribution is 7.92. The topological polar surface area (TPSA) is 94.2 Å². The van der Waals surface area contributed by atoms with E-state index in [2.05, 4.69) is 4.72 Å². The molecule has 35 heavy (non-hydrogen) atoms. The summed E-state index contributed by atoms with van der Waals surface area (Å²) >= 11 is 0. The molecule has 1 unspecified atom stereocenters. The molecule has 0 aromatic heterocycles. The SMILES string of the molecule is COc1cccc(C2CCCN2C(=O)c2ccc(NS(=O)(=O)c3ccc4c(c3)OCCO4)cc2)c1. The maximum absolute atomic E-state index is 13.3. The Kier molecular flexibility index (Phi) is 6.25. The third-order valence-corrected chi connectivity index (χ3v) is 7.58. The van der Waals surface area contributed by atoms with E-state index in [1.54, 1.807) is 37.4 Å². The lowest BCUT2D eigenvalue weighted by Gasteiger charge is -2.25. The van der Waals surface area contributed by atoms with Crippen molar-refractivity contribution in [2.45, 2.75) is 23.8 Å². The number of ether oxygens (including phenoxy) is 3. The van der Waals surface area contributed by atoms with Crippen LogP contribution in [0.4, 0.5) is 5.69 Å². The molecule has 0 spiro atoms. The molecular formula is C26H26N2O6S. The molecule has 1 saturated heterocycles. The van der Waals surface area contributed by atoms with Gasteiger partial charge in [0.15, 0.2) is 11.5 Å². The minimum Gasteiger partial charge on any atom is -0.497 e. The smallest absolute Gasteiger partial charge is 0.262 e. The molecule has 1 N–H and O–H groups in total. The van der Waals surface area contributed by atoms with E-state index in [1.165, 1.54) is 12.1 Å². The Labute approximate surface area is 204 Å². The van der Waals surface area contributed by atoms with E-state index in [1.807, 2.05) is 29.2 Å². The lowest BCUT2D eigenvalue weighted by atomic mass is 10.0. The summed E-state index contributed by atoms with van der Waals surface area (Å²) in [4.78, 5) is 15.2. The molecule has 1 atom stereocenters. The van der Waals surface area contributed by atoms with Crippen molar-refractivity contribution < 1.29 is 27.4 Å². The van der Waals surface area contributed by atoms with Crippen LogP contribution in [0.2, 0.25) is 0 Å². The van der Waals surface area contributed by atoms with Crippen LogP contribution in [-0.4, -0.2) is 46.1 Å². The molecule has 3 aromatic carbocycles. The van der Waals surface area contributed by atoms with Crippen molar-refractivity contribution in [2.24, 2.45) is 0 Å². The highest BCUT2D eigenvalue weighted by atomic mass is 32.2. The Morgan fingerprint density at radius 1 is 1.00 bits per heavy atom. The summed E-state index contributed by atoms with van der Waals surface area (Å²) in [6.07, 6.45) is 1.80. The molecule has 2 heterocycles. The van der Waals surface area contributed by atoms with Gasteiger partial charge in [0.1, 0.15) is 19.0 Å². The van der Waals surface area contributed by atoms with Gasteiger partial charge in [0.25, 0.3) is 15.9 Å². The van der Waals surface area contributed by atoms with E-state index >= 15 is 0 Å². The number of anilines is 1. The maximum Gasteiger partial charge on any atom is 0.262 e. The third kappa shape index (κ3) is 4.77. The molecule has 0 bridgehead atoms. The zero-order valence-corrected chi connectivity index (χ0v) is 20.1. The minimum atomic E-state index is -3.84. The number of carbonyl (C=O) groups excluding carboxylic acids is 1. The standard InChI is InChI=1S/C26H26N2O6S/c1-32-21-5-2-4-19(16-21)23-6-3-13-28(23)26(29)18-7-9-20(10-8-18)27-35(30,31)22-11-12-24-25(17-22)34-15-14-33-24/h2,4-5,7-12,16-17,23,27H,3,6,13-15H2,1H3. The summed E-state index contributed by atoms with van der Waals surface area (Å²) in [5.41, 5.74) is 1.91. The first-order valence-corrected chi connectivity index (χ1v) is 12.9. The van der Waals surface area contributed by atoms with Gasteiger partial charge in [-0.3, -0.25) is 9.52 Å². The van der Waals surface area contributed by atoms with Crippen LogP contribution >= 0.6 is 0 Å². The van der Waals surface area contributed by atoms with E-state index in [-0.39, 0.29) is 16.8 Å². The number of carbonyl (C=O) groups is 1. The molecule has 1 amide bonds. The molecule has 5 rings (SSSR count). The van der Waals surface area contributed by atoms with Crippen molar-refractivity contribution in [1.29, 1.82) is 0 Å². The number of nitrogens with one attached hydrogen (secondary N) is 1. The first kappa shape index (κ1) is 23.0. The molecule has 0 aliphatic carbocycles. The van der Waals surface area contributed by atoms with Crippen molar-refractivity contribution >= 4 is 21.6 Å². The van der Waals surface area contributed by atoms with Gasteiger partial charge in [-0.05, 0) is 66.9 Å². The third-order valence-electron chi connectivity index (χ3n) is 6.20. The predicted molar refractivity (Wildman–Crippen MR) is 131 cm³/mol. The molecule has 0 radical (unpaired) electrons. The Balaban J connectivity index is 1.30. The number of hydrogen-bond donors (Lipinski definition) is 1. The fraction of sp³-hybridized carbons (Fsp3) is 0.269. The van der Waals surface area contributed by atoms with E-state index in [0.29, 0.717) is 42.5 Å². The van der Waals surface area contributed by atoms with E-state index < -0.39 is 10.0 Å². The molecular weight excluding hydrogens is 468 g/mol. The van der Waals surface area contributed by atoms with Crippen LogP contribution in [0.5, 0.6) is 17.2 Å². The number of likely N-dealkylation sites (tertiary alicyclic amines) is 1. The van der Waals surface area contributed by atoms with Crippen molar-refractivity contribution in [2.75, 3.05) is 31.6 Å². The molecule has 8 nitrogen and oxygen atoms in total. The normalized spacial score (nSPS) is 17.2. The fourth-order valence-corrected chi connectivity index (χ4v) is 5.53. The largest absolute Gasteiger partial charge is 0.497 e. The summed E-state index contributed by atoms with van der Waals surface area (Å²) < 4.78 is 44.6. The first-order valence-electron chi connectivity index (χ1n) is 11.4. The van der Waals surface area contributed by atoms with Crippen molar-refractivity contribution in [3.63, 3.8) is 0 Å². The van der Waals surface area contributed by atoms with Gasteiger partial charge in [-0.25, -0.2) is 8.42 Å². The zero-order chi connectivity index (χ0) is 24.4. The fourth-order valence-electron chi connectivity index (χ4n) is 4.46. The number of nitrogens with zero attached hydrogens (tertiary/aromatic N) is 1. The summed E-state index contributed by atoms with van der Waals surface area (Å²) in [7, 11) is -2.21. The number of sulfonamides is 1. The van der Waals surface area contributed by atoms with E-state index in [0.717, 1.165) is 24.2 Å². The Hall–Kier alpha value is -3.72. The van der Waals surface area contributed by atoms with Crippen LogP contribution in [-0.2, 0) is 10.0 Å². The summed E-state index contributed by atoms with van der Waals surface area (Å²) in [6, 6.07) is 18.7. The van der Waals surface area contributed by atoms with Crippen LogP contribution in [0.3, 0.4) is 0 Å². The highest BCUT2D eigenvalue weighted by Gasteiger charge is 2.31. The Bertz CT molecular complexity index is 1340. The van der Waals surface area contributed by atoms with Crippen LogP contribution < -0.4 is 18.9 Å². The van der Waals surface area contributed by atoms with Gasteiger partial charge in [-0.2, -0.15) is 0 Å². The minimum absolute atomic E-state index is 0.0222. The number of methoxy groups -OCH3 is 1. The number of hydrogen-bond acceptors (Lipinski definition) is 6. The van der Waals surface area contributed by atoms with Crippen LogP contribution in [0, 0.1) is 0 Å². The van der Waals surface area contributed by atoms with Gasteiger partial charge in [0.2, 0.25) is 0 Å². The highest BCUT2D eigenvalue weighted by Crippen LogP contribution is 2.35. The summed E-state index contributed by atoms with van der Waals surface area (Å²) in [5, 5.41) is 0. The lowest BCUT2D eigenvalue weighted by Crippen LogP contribution is -2.30. The Morgan fingerprint density at radius 2 is 1.77 bits per heavy atom. The van der Waals surface area contributed by atoms with Gasteiger partial charge in [0.05, 0.1) is 18.0 Å². The van der Waals surface area contributed by atoms with Gasteiger partial charge < -0.3 is 19.1 Å². The maximum atomic E-state index is 13.3. The second kappa shape index (κ2) is 9.50. The van der Waals surface area contributed by atoms with Crippen molar-refractivity contribution in [1.82, 2.24) is 4.90 Å². The molecule has 2 aliphatic heterocycles. The molecule has 1 fully saturated rings. The second-order valence-corrected chi connectivity index (χ2v) is 10.1. The number of rotatable bonds is 6. The molecule has 3 aromatic rings. The summed E-state index contributed by atoms with van der Waals surface area (Å²) in [6.45, 7) is 1.47. The van der Waals surface area contributed by atoms with Crippen molar-refractivity contribution in [3.05, 3.63) is 77.9 Å². The number of amides is 1. The lowest BCUT2D eigenvalue weighted by molar-refractivity contribution is 0.0735.